The van der Waals surface area contributed by atoms with E-state index in [1.807, 2.05) is 36.9 Å². The second-order valence-corrected chi connectivity index (χ2v) is 8.78. The van der Waals surface area contributed by atoms with E-state index in [0.717, 1.165) is 44.9 Å². The van der Waals surface area contributed by atoms with E-state index < -0.39 is 6.04 Å². The molecule has 1 aromatic carbocycles. The van der Waals surface area contributed by atoms with Gasteiger partial charge in [-0.25, -0.2) is 0 Å². The number of amides is 3. The topological polar surface area (TPSA) is 78.5 Å². The van der Waals surface area contributed by atoms with Crippen LogP contribution in [0.15, 0.2) is 30.3 Å². The van der Waals surface area contributed by atoms with Gasteiger partial charge in [-0.1, -0.05) is 38.0 Å². The molecule has 6 heteroatoms. The average molecular weight is 414 g/mol. The summed E-state index contributed by atoms with van der Waals surface area (Å²) >= 11 is 0. The van der Waals surface area contributed by atoms with Gasteiger partial charge < -0.3 is 15.5 Å². The Hall–Kier alpha value is -2.37. The van der Waals surface area contributed by atoms with Crippen molar-refractivity contribution in [3.8, 4) is 0 Å². The molecule has 3 rings (SSSR count). The number of piperidine rings is 1. The van der Waals surface area contributed by atoms with Crippen LogP contribution in [0.1, 0.15) is 69.2 Å². The van der Waals surface area contributed by atoms with E-state index in [4.69, 9.17) is 0 Å². The van der Waals surface area contributed by atoms with Crippen molar-refractivity contribution in [1.82, 2.24) is 15.5 Å². The molecular formula is C24H35N3O3. The molecular weight excluding hydrogens is 378 g/mol. The first-order valence-electron chi connectivity index (χ1n) is 11.4. The van der Waals surface area contributed by atoms with Crippen LogP contribution in [0.3, 0.4) is 0 Å². The Balaban J connectivity index is 1.65. The van der Waals surface area contributed by atoms with Crippen molar-refractivity contribution in [1.29, 1.82) is 0 Å². The highest BCUT2D eigenvalue weighted by molar-refractivity contribution is 5.97. The van der Waals surface area contributed by atoms with Gasteiger partial charge in [0.25, 0.3) is 5.91 Å². The van der Waals surface area contributed by atoms with Crippen LogP contribution < -0.4 is 10.6 Å². The highest BCUT2D eigenvalue weighted by atomic mass is 16.2. The first-order valence-corrected chi connectivity index (χ1v) is 11.4. The van der Waals surface area contributed by atoms with Gasteiger partial charge >= 0.3 is 0 Å². The second-order valence-electron chi connectivity index (χ2n) is 8.78. The summed E-state index contributed by atoms with van der Waals surface area (Å²) in [6.07, 6.45) is 6.60. The molecule has 2 N–H and O–H groups in total. The standard InChI is InChI=1S/C24H35N3O3/c1-3-17(2)25-23(29)21(26-22(28)19-9-5-4-6-10-19)18-13-15-27(16-14-18)24(30)20-11-7-8-12-20/h4-6,9-10,17-18,20-21H,3,7-8,11-16H2,1-2H3,(H,25,29)(H,26,28)/t17-,21-/m1/s1. The molecule has 0 unspecified atom stereocenters. The van der Waals surface area contributed by atoms with Crippen molar-refractivity contribution in [3.63, 3.8) is 0 Å². The number of benzene rings is 1. The highest BCUT2D eigenvalue weighted by Crippen LogP contribution is 2.29. The Labute approximate surface area is 179 Å². The molecule has 1 aliphatic carbocycles. The van der Waals surface area contributed by atoms with E-state index in [9.17, 15) is 14.4 Å². The minimum Gasteiger partial charge on any atom is -0.352 e. The van der Waals surface area contributed by atoms with Crippen LogP contribution in [0.4, 0.5) is 0 Å². The van der Waals surface area contributed by atoms with Gasteiger partial charge in [0.1, 0.15) is 6.04 Å². The summed E-state index contributed by atoms with van der Waals surface area (Å²) in [5.41, 5.74) is 0.549. The maximum absolute atomic E-state index is 13.0. The predicted octanol–water partition coefficient (Wildman–Crippen LogP) is 3.13. The smallest absolute Gasteiger partial charge is 0.251 e. The van der Waals surface area contributed by atoms with Crippen molar-refractivity contribution in [2.45, 2.75) is 70.9 Å². The van der Waals surface area contributed by atoms with Crippen LogP contribution in [0.5, 0.6) is 0 Å². The van der Waals surface area contributed by atoms with E-state index in [1.165, 1.54) is 0 Å². The molecule has 30 heavy (non-hydrogen) atoms. The number of nitrogens with zero attached hydrogens (tertiary/aromatic N) is 1. The van der Waals surface area contributed by atoms with Crippen LogP contribution in [0, 0.1) is 11.8 Å². The second kappa shape index (κ2) is 10.6. The minimum absolute atomic E-state index is 0.0225. The zero-order valence-corrected chi connectivity index (χ0v) is 18.2. The predicted molar refractivity (Wildman–Crippen MR) is 117 cm³/mol. The number of hydrogen-bond acceptors (Lipinski definition) is 3. The number of carbonyl (C=O) groups is 3. The maximum Gasteiger partial charge on any atom is 0.251 e. The summed E-state index contributed by atoms with van der Waals surface area (Å²) in [5.74, 6) is 0.122. The zero-order chi connectivity index (χ0) is 21.5. The summed E-state index contributed by atoms with van der Waals surface area (Å²) in [4.78, 5) is 40.4. The van der Waals surface area contributed by atoms with Gasteiger partial charge in [-0.2, -0.15) is 0 Å². The first-order chi connectivity index (χ1) is 14.5. The molecule has 0 spiro atoms. The Morgan fingerprint density at radius 3 is 2.23 bits per heavy atom. The van der Waals surface area contributed by atoms with Crippen LogP contribution >= 0.6 is 0 Å². The largest absolute Gasteiger partial charge is 0.352 e. The van der Waals surface area contributed by atoms with Gasteiger partial charge in [0.2, 0.25) is 11.8 Å². The summed E-state index contributed by atoms with van der Waals surface area (Å²) in [7, 11) is 0. The lowest BCUT2D eigenvalue weighted by Crippen LogP contribution is -2.55. The normalized spacial score (nSPS) is 19.9. The molecule has 3 amide bonds. The fraction of sp³-hybridized carbons (Fsp3) is 0.625. The molecule has 2 fully saturated rings. The van der Waals surface area contributed by atoms with Crippen molar-refractivity contribution < 1.29 is 14.4 Å². The lowest BCUT2D eigenvalue weighted by atomic mass is 9.87. The minimum atomic E-state index is -0.588. The molecule has 0 aromatic heterocycles. The van der Waals surface area contributed by atoms with E-state index in [0.29, 0.717) is 18.7 Å². The molecule has 6 nitrogen and oxygen atoms in total. The number of rotatable bonds is 7. The highest BCUT2D eigenvalue weighted by Gasteiger charge is 2.36. The summed E-state index contributed by atoms with van der Waals surface area (Å²) in [6, 6.07) is 8.46. The fourth-order valence-corrected chi connectivity index (χ4v) is 4.53. The van der Waals surface area contributed by atoms with Crippen molar-refractivity contribution >= 4 is 17.7 Å². The summed E-state index contributed by atoms with van der Waals surface area (Å²) < 4.78 is 0. The lowest BCUT2D eigenvalue weighted by Gasteiger charge is -2.37. The molecule has 164 valence electrons. The van der Waals surface area contributed by atoms with E-state index in [-0.39, 0.29) is 35.6 Å². The van der Waals surface area contributed by atoms with Gasteiger partial charge in [-0.05, 0) is 57.1 Å². The summed E-state index contributed by atoms with van der Waals surface area (Å²) in [5, 5.41) is 6.01. The SMILES string of the molecule is CC[C@@H](C)NC(=O)[C@H](NC(=O)c1ccccc1)C1CCN(C(=O)C2CCCC2)CC1. The van der Waals surface area contributed by atoms with E-state index in [1.54, 1.807) is 12.1 Å². The molecule has 2 aliphatic rings. The van der Waals surface area contributed by atoms with E-state index >= 15 is 0 Å². The zero-order valence-electron chi connectivity index (χ0n) is 18.2. The molecule has 1 aromatic rings. The molecule has 1 aliphatic heterocycles. The van der Waals surface area contributed by atoms with Crippen molar-refractivity contribution in [2.24, 2.45) is 11.8 Å². The quantitative estimate of drug-likeness (QED) is 0.721. The van der Waals surface area contributed by atoms with Gasteiger partial charge in [0.05, 0.1) is 0 Å². The Morgan fingerprint density at radius 1 is 1.00 bits per heavy atom. The number of carbonyl (C=O) groups excluding carboxylic acids is 3. The van der Waals surface area contributed by atoms with Gasteiger partial charge in [-0.15, -0.1) is 0 Å². The lowest BCUT2D eigenvalue weighted by molar-refractivity contribution is -0.137. The number of likely N-dealkylation sites (tertiary alicyclic amines) is 1. The monoisotopic (exact) mass is 413 g/mol. The molecule has 0 bridgehead atoms. The van der Waals surface area contributed by atoms with Crippen LogP contribution in [-0.4, -0.2) is 47.8 Å². The molecule has 1 heterocycles. The number of hydrogen-bond donors (Lipinski definition) is 2. The van der Waals surface area contributed by atoms with Crippen LogP contribution in [0.2, 0.25) is 0 Å². The third kappa shape index (κ3) is 5.61. The molecule has 1 saturated heterocycles. The Kier molecular flexibility index (Phi) is 7.88. The van der Waals surface area contributed by atoms with Crippen molar-refractivity contribution in [3.05, 3.63) is 35.9 Å². The van der Waals surface area contributed by atoms with Crippen LogP contribution in [0.25, 0.3) is 0 Å². The summed E-state index contributed by atoms with van der Waals surface area (Å²) in [6.45, 7) is 5.31. The Bertz CT molecular complexity index is 722. The average Bonchev–Trinajstić information content (AvgIpc) is 3.32. The molecule has 0 radical (unpaired) electrons. The third-order valence-corrected chi connectivity index (χ3v) is 6.63. The molecule has 1 saturated carbocycles. The van der Waals surface area contributed by atoms with Crippen LogP contribution in [-0.2, 0) is 9.59 Å². The molecule has 2 atom stereocenters. The number of nitrogens with one attached hydrogen (secondary N) is 2. The van der Waals surface area contributed by atoms with E-state index in [2.05, 4.69) is 10.6 Å². The third-order valence-electron chi connectivity index (χ3n) is 6.63. The maximum atomic E-state index is 13.0. The van der Waals surface area contributed by atoms with Gasteiger partial charge in [0, 0.05) is 30.6 Å². The fourth-order valence-electron chi connectivity index (χ4n) is 4.53. The van der Waals surface area contributed by atoms with Gasteiger partial charge in [0.15, 0.2) is 0 Å². The van der Waals surface area contributed by atoms with Gasteiger partial charge in [-0.3, -0.25) is 14.4 Å². The Morgan fingerprint density at radius 2 is 1.63 bits per heavy atom. The first kappa shape index (κ1) is 22.3. The van der Waals surface area contributed by atoms with Crippen molar-refractivity contribution in [2.75, 3.05) is 13.1 Å².